The number of nitrogens with one attached hydrogen (secondary N) is 2. The summed E-state index contributed by atoms with van der Waals surface area (Å²) in [5.41, 5.74) is 2.78. The van der Waals surface area contributed by atoms with Crippen LogP contribution < -0.4 is 14.9 Å². The third-order valence-corrected chi connectivity index (χ3v) is 6.75. The minimum absolute atomic E-state index is 0.152. The first-order valence-corrected chi connectivity index (χ1v) is 12.0. The van der Waals surface area contributed by atoms with Crippen LogP contribution in [0.1, 0.15) is 38.7 Å². The lowest BCUT2D eigenvalue weighted by Crippen LogP contribution is -2.44. The van der Waals surface area contributed by atoms with Crippen molar-refractivity contribution in [2.24, 2.45) is 5.92 Å². The maximum Gasteiger partial charge on any atom is 0.242 e. The molecule has 162 valence electrons. The summed E-state index contributed by atoms with van der Waals surface area (Å²) in [6, 6.07) is 13.5. The van der Waals surface area contributed by atoms with E-state index in [0.29, 0.717) is 12.1 Å². The Labute approximate surface area is 179 Å². The number of nitrogens with zero attached hydrogens (tertiary/aromatic N) is 1. The van der Waals surface area contributed by atoms with E-state index in [1.807, 2.05) is 45.0 Å². The van der Waals surface area contributed by atoms with E-state index in [9.17, 15) is 13.2 Å². The van der Waals surface area contributed by atoms with Crippen molar-refractivity contribution >= 4 is 27.3 Å². The molecular weight excluding hydrogens is 398 g/mol. The molecule has 1 aliphatic rings. The fourth-order valence-electron chi connectivity index (χ4n) is 3.61. The first-order chi connectivity index (χ1) is 14.2. The van der Waals surface area contributed by atoms with Gasteiger partial charge in [-0.2, -0.15) is 4.72 Å². The topological polar surface area (TPSA) is 78.5 Å². The standard InChI is InChI=1S/C23H31N3O3S/c1-17(2)16-22(25-30(28,29)21-12-6-18(3)7-13-21)23(27)24-19-8-10-20(11-9-19)26-14-4-5-15-26/h6-13,17,22,25H,4-5,14-16H2,1-3H3,(H,24,27)/t22-/m0/s1. The predicted octanol–water partition coefficient (Wildman–Crippen LogP) is 3.93. The molecule has 0 bridgehead atoms. The van der Waals surface area contributed by atoms with E-state index in [0.717, 1.165) is 24.3 Å². The molecule has 2 aromatic rings. The van der Waals surface area contributed by atoms with Crippen molar-refractivity contribution in [2.75, 3.05) is 23.3 Å². The van der Waals surface area contributed by atoms with Crippen LogP contribution in [0.5, 0.6) is 0 Å². The molecule has 2 N–H and O–H groups in total. The summed E-state index contributed by atoms with van der Waals surface area (Å²) in [5.74, 6) is -0.202. The summed E-state index contributed by atoms with van der Waals surface area (Å²) in [5, 5.41) is 2.86. The second-order valence-electron chi connectivity index (χ2n) is 8.35. The Kier molecular flexibility index (Phi) is 7.15. The van der Waals surface area contributed by atoms with Gasteiger partial charge in [-0.25, -0.2) is 8.42 Å². The van der Waals surface area contributed by atoms with Crippen LogP contribution in [0.4, 0.5) is 11.4 Å². The van der Waals surface area contributed by atoms with E-state index in [1.54, 1.807) is 24.3 Å². The Morgan fingerprint density at radius 2 is 1.60 bits per heavy atom. The first-order valence-electron chi connectivity index (χ1n) is 10.5. The van der Waals surface area contributed by atoms with Crippen molar-refractivity contribution in [1.82, 2.24) is 4.72 Å². The van der Waals surface area contributed by atoms with Gasteiger partial charge in [-0.3, -0.25) is 4.79 Å². The lowest BCUT2D eigenvalue weighted by molar-refractivity contribution is -0.118. The number of carbonyl (C=O) groups excluding carboxylic acids is 1. The molecule has 1 atom stereocenters. The van der Waals surface area contributed by atoms with E-state index in [2.05, 4.69) is 14.9 Å². The minimum Gasteiger partial charge on any atom is -0.372 e. The van der Waals surface area contributed by atoms with Gasteiger partial charge in [0.25, 0.3) is 0 Å². The molecule has 1 saturated heterocycles. The molecule has 0 aliphatic carbocycles. The zero-order valence-corrected chi connectivity index (χ0v) is 18.7. The largest absolute Gasteiger partial charge is 0.372 e. The van der Waals surface area contributed by atoms with Gasteiger partial charge in [-0.1, -0.05) is 31.5 Å². The van der Waals surface area contributed by atoms with Gasteiger partial charge in [0.1, 0.15) is 6.04 Å². The second kappa shape index (κ2) is 9.62. The molecule has 0 spiro atoms. The summed E-state index contributed by atoms with van der Waals surface area (Å²) in [7, 11) is -3.79. The first kappa shape index (κ1) is 22.3. The highest BCUT2D eigenvalue weighted by atomic mass is 32.2. The maximum absolute atomic E-state index is 12.9. The zero-order valence-electron chi connectivity index (χ0n) is 17.9. The van der Waals surface area contributed by atoms with Gasteiger partial charge in [-0.05, 0) is 68.5 Å². The highest BCUT2D eigenvalue weighted by molar-refractivity contribution is 7.89. The lowest BCUT2D eigenvalue weighted by atomic mass is 10.0. The molecule has 0 radical (unpaired) electrons. The van der Waals surface area contributed by atoms with Gasteiger partial charge in [0, 0.05) is 24.5 Å². The number of amides is 1. The van der Waals surface area contributed by atoms with E-state index in [1.165, 1.54) is 12.8 Å². The molecule has 0 unspecified atom stereocenters. The zero-order chi connectivity index (χ0) is 21.7. The minimum atomic E-state index is -3.79. The molecule has 1 fully saturated rings. The summed E-state index contributed by atoms with van der Waals surface area (Å²) in [4.78, 5) is 15.4. The van der Waals surface area contributed by atoms with Crippen LogP contribution in [0, 0.1) is 12.8 Å². The molecule has 6 nitrogen and oxygen atoms in total. The Morgan fingerprint density at radius 1 is 1.00 bits per heavy atom. The summed E-state index contributed by atoms with van der Waals surface area (Å²) >= 11 is 0. The van der Waals surface area contributed by atoms with Gasteiger partial charge in [0.15, 0.2) is 0 Å². The van der Waals surface area contributed by atoms with Crippen LogP contribution in [0.25, 0.3) is 0 Å². The SMILES string of the molecule is Cc1ccc(S(=O)(=O)N[C@@H](CC(C)C)C(=O)Nc2ccc(N3CCCC3)cc2)cc1. The molecule has 0 saturated carbocycles. The third-order valence-electron chi connectivity index (χ3n) is 5.26. The van der Waals surface area contributed by atoms with E-state index in [-0.39, 0.29) is 16.7 Å². The quantitative estimate of drug-likeness (QED) is 0.667. The smallest absolute Gasteiger partial charge is 0.242 e. The van der Waals surface area contributed by atoms with E-state index in [4.69, 9.17) is 0 Å². The molecule has 1 amide bonds. The number of hydrogen-bond acceptors (Lipinski definition) is 4. The van der Waals surface area contributed by atoms with Crippen molar-refractivity contribution in [3.8, 4) is 0 Å². The van der Waals surface area contributed by atoms with Crippen LogP contribution >= 0.6 is 0 Å². The Bertz CT molecular complexity index is 948. The van der Waals surface area contributed by atoms with Crippen LogP contribution in [0.15, 0.2) is 53.4 Å². The molecule has 1 aliphatic heterocycles. The summed E-state index contributed by atoms with van der Waals surface area (Å²) in [6.45, 7) is 7.94. The van der Waals surface area contributed by atoms with Crippen molar-refractivity contribution < 1.29 is 13.2 Å². The molecule has 1 heterocycles. The van der Waals surface area contributed by atoms with Crippen LogP contribution in [-0.2, 0) is 14.8 Å². The Hall–Kier alpha value is -2.38. The highest BCUT2D eigenvalue weighted by Gasteiger charge is 2.26. The highest BCUT2D eigenvalue weighted by Crippen LogP contribution is 2.22. The molecule has 30 heavy (non-hydrogen) atoms. The molecule has 3 rings (SSSR count). The second-order valence-corrected chi connectivity index (χ2v) is 10.1. The molecule has 0 aromatic heterocycles. The number of aryl methyl sites for hydroxylation is 1. The fraction of sp³-hybridized carbons (Fsp3) is 0.435. The predicted molar refractivity (Wildman–Crippen MR) is 121 cm³/mol. The van der Waals surface area contributed by atoms with E-state index < -0.39 is 16.1 Å². The number of hydrogen-bond donors (Lipinski definition) is 2. The molecule has 2 aromatic carbocycles. The monoisotopic (exact) mass is 429 g/mol. The fourth-order valence-corrected chi connectivity index (χ4v) is 4.82. The number of carbonyl (C=O) groups is 1. The molecule has 7 heteroatoms. The number of benzene rings is 2. The van der Waals surface area contributed by atoms with Crippen LogP contribution in [0.3, 0.4) is 0 Å². The Balaban J connectivity index is 1.71. The van der Waals surface area contributed by atoms with Gasteiger partial charge in [-0.15, -0.1) is 0 Å². The van der Waals surface area contributed by atoms with Crippen molar-refractivity contribution in [2.45, 2.75) is 51.0 Å². The van der Waals surface area contributed by atoms with Gasteiger partial charge in [0.2, 0.25) is 15.9 Å². The molecular formula is C23H31N3O3S. The van der Waals surface area contributed by atoms with Crippen molar-refractivity contribution in [1.29, 1.82) is 0 Å². The lowest BCUT2D eigenvalue weighted by Gasteiger charge is -2.21. The van der Waals surface area contributed by atoms with Crippen molar-refractivity contribution in [3.05, 3.63) is 54.1 Å². The average molecular weight is 430 g/mol. The average Bonchev–Trinajstić information content (AvgIpc) is 3.22. The van der Waals surface area contributed by atoms with Crippen molar-refractivity contribution in [3.63, 3.8) is 0 Å². The normalized spacial score (nSPS) is 15.4. The third kappa shape index (κ3) is 5.83. The number of rotatable bonds is 8. The summed E-state index contributed by atoms with van der Waals surface area (Å²) < 4.78 is 28.2. The van der Waals surface area contributed by atoms with Crippen LogP contribution in [0.2, 0.25) is 0 Å². The van der Waals surface area contributed by atoms with Gasteiger partial charge >= 0.3 is 0 Å². The number of anilines is 2. The van der Waals surface area contributed by atoms with Gasteiger partial charge in [0.05, 0.1) is 4.90 Å². The van der Waals surface area contributed by atoms with Gasteiger partial charge < -0.3 is 10.2 Å². The Morgan fingerprint density at radius 3 is 2.17 bits per heavy atom. The number of sulfonamides is 1. The summed E-state index contributed by atoms with van der Waals surface area (Å²) in [6.07, 6.45) is 2.82. The maximum atomic E-state index is 12.9. The van der Waals surface area contributed by atoms with Crippen LogP contribution in [-0.4, -0.2) is 33.5 Å². The van der Waals surface area contributed by atoms with E-state index >= 15 is 0 Å².